The molecule has 0 bridgehead atoms. The van der Waals surface area contributed by atoms with Gasteiger partial charge in [0.2, 0.25) is 0 Å². The molecule has 1 aromatic heterocycles. The average molecular weight is 369 g/mol. The molecule has 1 aromatic carbocycles. The number of rotatable bonds is 3. The van der Waals surface area contributed by atoms with Crippen molar-refractivity contribution in [1.82, 2.24) is 24.6 Å². The Kier molecular flexibility index (Phi) is 5.11. The maximum Gasteiger partial charge on any atom is 0.254 e. The number of carbonyl (C=O) groups excluding carboxylic acids is 1. The molecule has 144 valence electrons. The highest BCUT2D eigenvalue weighted by molar-refractivity contribution is 5.94. The Morgan fingerprint density at radius 1 is 1.11 bits per heavy atom. The molecule has 3 heterocycles. The van der Waals surface area contributed by atoms with Gasteiger partial charge in [0.05, 0.1) is 7.11 Å². The van der Waals surface area contributed by atoms with Crippen LogP contribution in [0.2, 0.25) is 0 Å². The summed E-state index contributed by atoms with van der Waals surface area (Å²) >= 11 is 0. The van der Waals surface area contributed by atoms with Crippen LogP contribution in [0.5, 0.6) is 5.75 Å². The predicted molar refractivity (Wildman–Crippen MR) is 102 cm³/mol. The van der Waals surface area contributed by atoms with Crippen molar-refractivity contribution in [3.8, 4) is 5.75 Å². The van der Waals surface area contributed by atoms with Crippen LogP contribution in [-0.4, -0.2) is 70.8 Å². The molecule has 1 fully saturated rings. The normalized spacial score (nSPS) is 18.8. The Balaban J connectivity index is 1.48. The summed E-state index contributed by atoms with van der Waals surface area (Å²) in [7, 11) is 3.79. The number of benzene rings is 1. The molecular weight excluding hydrogens is 342 g/mol. The highest BCUT2D eigenvalue weighted by Gasteiger charge is 2.27. The summed E-state index contributed by atoms with van der Waals surface area (Å²) in [6, 6.07) is 7.36. The molecule has 27 heavy (non-hydrogen) atoms. The summed E-state index contributed by atoms with van der Waals surface area (Å²) in [5.74, 6) is 3.34. The first-order valence-electron chi connectivity index (χ1n) is 9.69. The van der Waals surface area contributed by atoms with Crippen molar-refractivity contribution in [3.63, 3.8) is 0 Å². The fourth-order valence-electron chi connectivity index (χ4n) is 4.06. The van der Waals surface area contributed by atoms with E-state index in [1.165, 1.54) is 0 Å². The van der Waals surface area contributed by atoms with Crippen molar-refractivity contribution in [2.24, 2.45) is 0 Å². The Morgan fingerprint density at radius 3 is 2.70 bits per heavy atom. The van der Waals surface area contributed by atoms with Gasteiger partial charge in [0.15, 0.2) is 0 Å². The molecule has 1 amide bonds. The zero-order chi connectivity index (χ0) is 18.8. The molecule has 0 unspecified atom stereocenters. The lowest BCUT2D eigenvalue weighted by molar-refractivity contribution is 0.0758. The van der Waals surface area contributed by atoms with Crippen LogP contribution >= 0.6 is 0 Å². The Labute approximate surface area is 159 Å². The minimum atomic E-state index is 0.0495. The molecule has 2 aromatic rings. The van der Waals surface area contributed by atoms with Gasteiger partial charge in [-0.1, -0.05) is 6.07 Å². The van der Waals surface area contributed by atoms with Gasteiger partial charge >= 0.3 is 0 Å². The van der Waals surface area contributed by atoms with E-state index in [1.54, 1.807) is 13.2 Å². The van der Waals surface area contributed by atoms with Crippen molar-refractivity contribution >= 4 is 5.91 Å². The molecular formula is C20H27N5O2. The largest absolute Gasteiger partial charge is 0.497 e. The van der Waals surface area contributed by atoms with Crippen molar-refractivity contribution in [3.05, 3.63) is 41.5 Å². The Hall–Kier alpha value is -2.41. The maximum atomic E-state index is 12.9. The first-order valence-corrected chi connectivity index (χ1v) is 9.69. The van der Waals surface area contributed by atoms with E-state index in [-0.39, 0.29) is 5.91 Å². The molecule has 7 nitrogen and oxygen atoms in total. The highest BCUT2D eigenvalue weighted by atomic mass is 16.5. The van der Waals surface area contributed by atoms with Crippen LogP contribution in [0.25, 0.3) is 0 Å². The number of hydrogen-bond donors (Lipinski definition) is 0. The van der Waals surface area contributed by atoms with Gasteiger partial charge in [0.1, 0.15) is 17.4 Å². The lowest BCUT2D eigenvalue weighted by Gasteiger charge is -2.28. The summed E-state index contributed by atoms with van der Waals surface area (Å²) in [6.07, 6.45) is 3.00. The molecule has 0 saturated carbocycles. The second-order valence-electron chi connectivity index (χ2n) is 7.48. The van der Waals surface area contributed by atoms with Crippen LogP contribution in [0.3, 0.4) is 0 Å². The summed E-state index contributed by atoms with van der Waals surface area (Å²) in [4.78, 5) is 17.2. The van der Waals surface area contributed by atoms with Crippen molar-refractivity contribution in [2.45, 2.75) is 31.7 Å². The molecule has 0 spiro atoms. The smallest absolute Gasteiger partial charge is 0.254 e. The topological polar surface area (TPSA) is 63.5 Å². The molecule has 0 atom stereocenters. The molecule has 0 aliphatic carbocycles. The zero-order valence-corrected chi connectivity index (χ0v) is 16.1. The Bertz CT molecular complexity index is 810. The number of methoxy groups -OCH3 is 1. The quantitative estimate of drug-likeness (QED) is 0.825. The SMILES string of the molecule is COc1cccc(C(=O)N2CCc3nnc(C4CCN(C)CC4)n3CC2)c1. The second kappa shape index (κ2) is 7.68. The van der Waals surface area contributed by atoms with Gasteiger partial charge < -0.3 is 19.1 Å². The van der Waals surface area contributed by atoms with Crippen LogP contribution in [0.1, 0.15) is 40.8 Å². The van der Waals surface area contributed by atoms with Crippen LogP contribution in [0, 0.1) is 0 Å². The fourth-order valence-corrected chi connectivity index (χ4v) is 4.06. The molecule has 2 aliphatic heterocycles. The number of likely N-dealkylation sites (tertiary alicyclic amines) is 1. The molecule has 7 heteroatoms. The van der Waals surface area contributed by atoms with Gasteiger partial charge in [-0.3, -0.25) is 4.79 Å². The number of fused-ring (bicyclic) bond motifs is 1. The first kappa shape index (κ1) is 18.0. The van der Waals surface area contributed by atoms with E-state index in [2.05, 4.69) is 26.7 Å². The lowest BCUT2D eigenvalue weighted by Crippen LogP contribution is -2.34. The zero-order valence-electron chi connectivity index (χ0n) is 16.1. The third-order valence-electron chi connectivity index (χ3n) is 5.74. The highest BCUT2D eigenvalue weighted by Crippen LogP contribution is 2.27. The van der Waals surface area contributed by atoms with Crippen molar-refractivity contribution < 1.29 is 9.53 Å². The number of nitrogens with zero attached hydrogens (tertiary/aromatic N) is 5. The first-order chi connectivity index (χ1) is 13.2. The minimum absolute atomic E-state index is 0.0495. The third kappa shape index (κ3) is 3.69. The number of hydrogen-bond acceptors (Lipinski definition) is 5. The number of piperidine rings is 1. The van der Waals surface area contributed by atoms with Crippen LogP contribution in [-0.2, 0) is 13.0 Å². The van der Waals surface area contributed by atoms with Gasteiger partial charge in [0, 0.05) is 37.5 Å². The number of amides is 1. The summed E-state index contributed by atoms with van der Waals surface area (Å²) in [5.41, 5.74) is 0.669. The summed E-state index contributed by atoms with van der Waals surface area (Å²) in [6.45, 7) is 4.32. The number of aromatic nitrogens is 3. The summed E-state index contributed by atoms with van der Waals surface area (Å²) in [5, 5.41) is 8.96. The summed E-state index contributed by atoms with van der Waals surface area (Å²) < 4.78 is 7.51. The van der Waals surface area contributed by atoms with Crippen molar-refractivity contribution in [1.29, 1.82) is 0 Å². The van der Waals surface area contributed by atoms with Gasteiger partial charge in [0.25, 0.3) is 5.91 Å². The Morgan fingerprint density at radius 2 is 1.93 bits per heavy atom. The van der Waals surface area contributed by atoms with Gasteiger partial charge in [-0.25, -0.2) is 0 Å². The standard InChI is InChI=1S/C20H27N5O2/c1-23-9-6-15(7-10-23)19-22-21-18-8-11-24(12-13-25(18)19)20(26)16-4-3-5-17(14-16)27-2/h3-5,14-15H,6-13H2,1-2H3. The molecule has 0 N–H and O–H groups in total. The van der Waals surface area contributed by atoms with Gasteiger partial charge in [-0.05, 0) is 51.2 Å². The second-order valence-corrected chi connectivity index (χ2v) is 7.48. The lowest BCUT2D eigenvalue weighted by atomic mass is 9.96. The van der Waals surface area contributed by atoms with E-state index in [1.807, 2.05) is 23.1 Å². The van der Waals surface area contributed by atoms with E-state index in [4.69, 9.17) is 4.74 Å². The monoisotopic (exact) mass is 369 g/mol. The van der Waals surface area contributed by atoms with Crippen molar-refractivity contribution in [2.75, 3.05) is 40.3 Å². The van der Waals surface area contributed by atoms with Crippen LogP contribution < -0.4 is 4.74 Å². The molecule has 0 radical (unpaired) electrons. The van der Waals surface area contributed by atoms with E-state index in [9.17, 15) is 4.79 Å². The number of ether oxygens (including phenoxy) is 1. The van der Waals surface area contributed by atoms with E-state index >= 15 is 0 Å². The average Bonchev–Trinajstić information content (AvgIpc) is 2.99. The fraction of sp³-hybridized carbons (Fsp3) is 0.550. The molecule has 1 saturated heterocycles. The van der Waals surface area contributed by atoms with Gasteiger partial charge in [-0.15, -0.1) is 10.2 Å². The van der Waals surface area contributed by atoms with Crippen LogP contribution in [0.15, 0.2) is 24.3 Å². The van der Waals surface area contributed by atoms with E-state index < -0.39 is 0 Å². The minimum Gasteiger partial charge on any atom is -0.497 e. The third-order valence-corrected chi connectivity index (χ3v) is 5.74. The number of carbonyl (C=O) groups is 1. The van der Waals surface area contributed by atoms with E-state index in [0.717, 1.165) is 50.5 Å². The predicted octanol–water partition coefficient (Wildman–Crippen LogP) is 1.79. The van der Waals surface area contributed by atoms with E-state index in [0.29, 0.717) is 30.3 Å². The van der Waals surface area contributed by atoms with Gasteiger partial charge in [-0.2, -0.15) is 0 Å². The maximum absolute atomic E-state index is 12.9. The molecule has 4 rings (SSSR count). The molecule has 2 aliphatic rings. The van der Waals surface area contributed by atoms with Crippen LogP contribution in [0.4, 0.5) is 0 Å².